The van der Waals surface area contributed by atoms with Crippen molar-refractivity contribution in [2.24, 2.45) is 46.3 Å². The van der Waals surface area contributed by atoms with E-state index >= 15 is 0 Å². The van der Waals surface area contributed by atoms with E-state index in [1.807, 2.05) is 0 Å². The van der Waals surface area contributed by atoms with Gasteiger partial charge in [-0.25, -0.2) is 0 Å². The summed E-state index contributed by atoms with van der Waals surface area (Å²) >= 11 is 0. The number of fused-ring (bicyclic) bond motifs is 5. The highest BCUT2D eigenvalue weighted by Crippen LogP contribution is 2.67. The van der Waals surface area contributed by atoms with Crippen LogP contribution in [0.15, 0.2) is 23.3 Å². The fraction of sp³-hybridized carbons (Fsp3) is 0.882. The maximum Gasteiger partial charge on any atom is 0.186 e. The molecule has 0 aromatic heterocycles. The molecule has 39 heavy (non-hydrogen) atoms. The van der Waals surface area contributed by atoms with Crippen molar-refractivity contribution in [2.75, 3.05) is 6.61 Å². The van der Waals surface area contributed by atoms with Crippen LogP contribution in [0.1, 0.15) is 106 Å². The highest BCUT2D eigenvalue weighted by atomic mass is 16.7. The second-order valence-corrected chi connectivity index (χ2v) is 14.8. The zero-order valence-electron chi connectivity index (χ0n) is 25.4. The Morgan fingerprint density at radius 1 is 1.03 bits per heavy atom. The summed E-state index contributed by atoms with van der Waals surface area (Å²) in [6, 6.07) is 0. The van der Waals surface area contributed by atoms with Crippen molar-refractivity contribution in [3.8, 4) is 0 Å². The molecule has 222 valence electrons. The van der Waals surface area contributed by atoms with Crippen LogP contribution >= 0.6 is 0 Å². The van der Waals surface area contributed by atoms with Gasteiger partial charge < -0.3 is 24.8 Å². The fourth-order valence-electron chi connectivity index (χ4n) is 10.0. The highest BCUT2D eigenvalue weighted by Gasteiger charge is 2.58. The predicted molar refractivity (Wildman–Crippen MR) is 155 cm³/mol. The lowest BCUT2D eigenvalue weighted by molar-refractivity contribution is -0.288. The number of hydrogen-bond acceptors (Lipinski definition) is 5. The van der Waals surface area contributed by atoms with E-state index in [0.717, 1.165) is 43.4 Å². The van der Waals surface area contributed by atoms with Crippen LogP contribution in [0.5, 0.6) is 0 Å². The van der Waals surface area contributed by atoms with Crippen LogP contribution in [0, 0.1) is 46.3 Å². The van der Waals surface area contributed by atoms with Gasteiger partial charge in [-0.15, -0.1) is 0 Å². The largest absolute Gasteiger partial charge is 0.388 e. The van der Waals surface area contributed by atoms with Gasteiger partial charge in [0, 0.05) is 0 Å². The Balaban J connectivity index is 1.24. The van der Waals surface area contributed by atoms with Gasteiger partial charge in [0.2, 0.25) is 0 Å². The van der Waals surface area contributed by atoms with Crippen LogP contribution in [0.4, 0.5) is 0 Å². The second kappa shape index (κ2) is 11.5. The fourth-order valence-corrected chi connectivity index (χ4v) is 10.0. The van der Waals surface area contributed by atoms with Gasteiger partial charge in [-0.3, -0.25) is 0 Å². The van der Waals surface area contributed by atoms with E-state index in [0.29, 0.717) is 28.6 Å². The van der Waals surface area contributed by atoms with Crippen LogP contribution in [0.2, 0.25) is 0 Å². The minimum absolute atomic E-state index is 0.00110. The molecule has 0 amide bonds. The SMILES string of the molecule is CC=C(CCC(C)C1CCC2C3=CCC4CC(OC5OCC(O)C(O)C5O)CCC4(C)C3CCC21C)C(C)C. The smallest absolute Gasteiger partial charge is 0.186 e. The summed E-state index contributed by atoms with van der Waals surface area (Å²) in [4.78, 5) is 0. The van der Waals surface area contributed by atoms with Crippen molar-refractivity contribution in [2.45, 2.75) is 136 Å². The molecule has 5 aliphatic rings. The topological polar surface area (TPSA) is 79.2 Å². The van der Waals surface area contributed by atoms with Crippen molar-refractivity contribution in [1.29, 1.82) is 0 Å². The molecule has 1 saturated heterocycles. The van der Waals surface area contributed by atoms with Crippen LogP contribution < -0.4 is 0 Å². The number of ether oxygens (including phenoxy) is 2. The number of hydrogen-bond donors (Lipinski definition) is 3. The standard InChI is InChI=1S/C34H56O5/c1-7-22(20(2)3)9-8-21(4)26-12-13-27-25-11-10-23-18-24(39-32-31(37)30(36)29(35)19-38-32)14-16-33(23,5)28(25)15-17-34(26,27)6/h7,11,20-21,23-24,26-32,35-37H,8-10,12-19H2,1-6H3. The number of aliphatic hydroxyl groups excluding tert-OH is 3. The minimum atomic E-state index is -1.22. The summed E-state index contributed by atoms with van der Waals surface area (Å²) in [6.45, 7) is 14.6. The van der Waals surface area contributed by atoms with E-state index in [2.05, 4.69) is 53.7 Å². The molecule has 3 N–H and O–H groups in total. The molecule has 1 heterocycles. The molecule has 4 fully saturated rings. The van der Waals surface area contributed by atoms with Gasteiger partial charge in [0.15, 0.2) is 6.29 Å². The lowest BCUT2D eigenvalue weighted by Crippen LogP contribution is -2.55. The van der Waals surface area contributed by atoms with Gasteiger partial charge in [-0.2, -0.15) is 0 Å². The molecule has 0 bridgehead atoms. The summed E-state index contributed by atoms with van der Waals surface area (Å²) in [7, 11) is 0. The Labute approximate surface area is 237 Å². The van der Waals surface area contributed by atoms with Gasteiger partial charge >= 0.3 is 0 Å². The number of rotatable bonds is 7. The normalized spacial score (nSPS) is 47.3. The first-order valence-electron chi connectivity index (χ1n) is 16.2. The molecule has 0 aromatic carbocycles. The second-order valence-electron chi connectivity index (χ2n) is 14.8. The minimum Gasteiger partial charge on any atom is -0.388 e. The number of aliphatic hydroxyl groups is 3. The third-order valence-electron chi connectivity index (χ3n) is 12.6. The number of allylic oxidation sites excluding steroid dienone is 4. The molecule has 0 aromatic rings. The average Bonchev–Trinajstić information content (AvgIpc) is 3.26. The maximum absolute atomic E-state index is 10.4. The van der Waals surface area contributed by atoms with E-state index in [-0.39, 0.29) is 12.7 Å². The monoisotopic (exact) mass is 544 g/mol. The highest BCUT2D eigenvalue weighted by molar-refractivity contribution is 5.28. The molecule has 12 unspecified atom stereocenters. The Kier molecular flexibility index (Phi) is 8.79. The molecular formula is C34H56O5. The third-order valence-corrected chi connectivity index (χ3v) is 12.6. The zero-order chi connectivity index (χ0) is 28.1. The molecule has 0 spiro atoms. The third kappa shape index (κ3) is 5.33. The van der Waals surface area contributed by atoms with Crippen molar-refractivity contribution < 1.29 is 24.8 Å². The van der Waals surface area contributed by atoms with Crippen molar-refractivity contribution in [3.05, 3.63) is 23.3 Å². The lowest BCUT2D eigenvalue weighted by atomic mass is 9.47. The average molecular weight is 545 g/mol. The Hall–Kier alpha value is -0.720. The molecule has 5 rings (SSSR count). The molecule has 4 aliphatic carbocycles. The van der Waals surface area contributed by atoms with Crippen LogP contribution in [0.25, 0.3) is 0 Å². The molecule has 3 saturated carbocycles. The molecular weight excluding hydrogens is 488 g/mol. The Morgan fingerprint density at radius 3 is 2.46 bits per heavy atom. The maximum atomic E-state index is 10.4. The van der Waals surface area contributed by atoms with E-state index in [9.17, 15) is 15.3 Å². The predicted octanol–water partition coefficient (Wildman–Crippen LogP) is 6.41. The first-order valence-corrected chi connectivity index (χ1v) is 16.2. The molecule has 1 aliphatic heterocycles. The van der Waals surface area contributed by atoms with Gasteiger partial charge in [-0.1, -0.05) is 57.9 Å². The van der Waals surface area contributed by atoms with E-state index in [1.165, 1.54) is 38.5 Å². The van der Waals surface area contributed by atoms with Crippen molar-refractivity contribution in [3.63, 3.8) is 0 Å². The van der Waals surface area contributed by atoms with Crippen molar-refractivity contribution >= 4 is 0 Å². The van der Waals surface area contributed by atoms with E-state index < -0.39 is 24.6 Å². The van der Waals surface area contributed by atoms with E-state index in [4.69, 9.17) is 9.47 Å². The van der Waals surface area contributed by atoms with Gasteiger partial charge in [-0.05, 0) is 117 Å². The summed E-state index contributed by atoms with van der Waals surface area (Å²) in [5.74, 6) is 4.29. The van der Waals surface area contributed by atoms with Crippen LogP contribution in [-0.4, -0.2) is 52.6 Å². The molecule has 12 atom stereocenters. The van der Waals surface area contributed by atoms with E-state index in [1.54, 1.807) is 11.1 Å². The van der Waals surface area contributed by atoms with Crippen molar-refractivity contribution in [1.82, 2.24) is 0 Å². The lowest BCUT2D eigenvalue weighted by Gasteiger charge is -2.58. The first-order chi connectivity index (χ1) is 18.5. The molecule has 0 radical (unpaired) electrons. The summed E-state index contributed by atoms with van der Waals surface area (Å²) < 4.78 is 11.8. The molecule has 5 nitrogen and oxygen atoms in total. The van der Waals surface area contributed by atoms with Crippen LogP contribution in [-0.2, 0) is 9.47 Å². The zero-order valence-corrected chi connectivity index (χ0v) is 25.4. The summed E-state index contributed by atoms with van der Waals surface area (Å²) in [5.41, 5.74) is 4.18. The van der Waals surface area contributed by atoms with Gasteiger partial charge in [0.25, 0.3) is 0 Å². The van der Waals surface area contributed by atoms with Crippen LogP contribution in [0.3, 0.4) is 0 Å². The van der Waals surface area contributed by atoms with Gasteiger partial charge in [0.1, 0.15) is 18.3 Å². The molecule has 5 heteroatoms. The summed E-state index contributed by atoms with van der Waals surface area (Å²) in [5, 5.41) is 30.2. The quantitative estimate of drug-likeness (QED) is 0.323. The first kappa shape index (κ1) is 29.8. The van der Waals surface area contributed by atoms with Gasteiger partial charge in [0.05, 0.1) is 12.7 Å². The Morgan fingerprint density at radius 2 is 1.74 bits per heavy atom. The Bertz CT molecular complexity index is 927. The summed E-state index contributed by atoms with van der Waals surface area (Å²) in [6.07, 6.45) is 12.9.